The van der Waals surface area contributed by atoms with Crippen molar-refractivity contribution in [3.8, 4) is 0 Å². The van der Waals surface area contributed by atoms with Crippen molar-refractivity contribution >= 4 is 40.7 Å². The van der Waals surface area contributed by atoms with Gasteiger partial charge in [-0.3, -0.25) is 0 Å². The van der Waals surface area contributed by atoms with Crippen molar-refractivity contribution in [2.24, 2.45) is 0 Å². The predicted octanol–water partition coefficient (Wildman–Crippen LogP) is 3.87. The fourth-order valence-corrected chi connectivity index (χ4v) is 3.45. The zero-order valence-electron chi connectivity index (χ0n) is 13.5. The first kappa shape index (κ1) is 16.8. The van der Waals surface area contributed by atoms with Gasteiger partial charge in [0.25, 0.3) is 0 Å². The van der Waals surface area contributed by atoms with E-state index in [1.165, 1.54) is 0 Å². The molecule has 2 aromatic rings. The normalized spacial score (nSPS) is 19.4. The summed E-state index contributed by atoms with van der Waals surface area (Å²) in [6.07, 6.45) is 3.42. The number of nitrogens with one attached hydrogen (secondary N) is 1. The summed E-state index contributed by atoms with van der Waals surface area (Å²) in [7, 11) is 0. The monoisotopic (exact) mass is 380 g/mol. The van der Waals surface area contributed by atoms with Gasteiger partial charge in [-0.25, -0.2) is 4.98 Å². The van der Waals surface area contributed by atoms with Gasteiger partial charge in [-0.15, -0.1) is 0 Å². The number of rotatable bonds is 3. The zero-order chi connectivity index (χ0) is 17.3. The molecule has 0 aliphatic carbocycles. The average Bonchev–Trinajstić information content (AvgIpc) is 3.07. The average molecular weight is 381 g/mol. The topological polar surface area (TPSA) is 59.5 Å². The van der Waals surface area contributed by atoms with Crippen LogP contribution in [0.5, 0.6) is 0 Å². The quantitative estimate of drug-likeness (QED) is 0.871. The largest absolute Gasteiger partial charge is 0.356 e. The Morgan fingerprint density at radius 1 is 1.04 bits per heavy atom. The van der Waals surface area contributed by atoms with Crippen molar-refractivity contribution in [3.63, 3.8) is 0 Å². The van der Waals surface area contributed by atoms with Crippen LogP contribution in [0.15, 0.2) is 30.5 Å². The van der Waals surface area contributed by atoms with Crippen LogP contribution in [0, 0.1) is 0 Å². The minimum atomic E-state index is -0.384. The van der Waals surface area contributed by atoms with Gasteiger partial charge in [0.15, 0.2) is 5.79 Å². The molecule has 0 unspecified atom stereocenters. The highest BCUT2D eigenvalue weighted by Gasteiger charge is 2.40. The molecule has 2 saturated heterocycles. The second-order valence-electron chi connectivity index (χ2n) is 6.09. The van der Waals surface area contributed by atoms with Gasteiger partial charge in [-0.1, -0.05) is 23.2 Å². The summed E-state index contributed by atoms with van der Waals surface area (Å²) < 4.78 is 11.5. The molecule has 4 rings (SSSR count). The number of ether oxygens (including phenoxy) is 2. The van der Waals surface area contributed by atoms with E-state index in [2.05, 4.69) is 20.2 Å². The van der Waals surface area contributed by atoms with Gasteiger partial charge in [0.05, 0.1) is 23.3 Å². The van der Waals surface area contributed by atoms with Crippen LogP contribution in [0.2, 0.25) is 10.0 Å². The summed E-state index contributed by atoms with van der Waals surface area (Å²) in [6, 6.07) is 7.24. The fourth-order valence-electron chi connectivity index (χ4n) is 3.15. The summed E-state index contributed by atoms with van der Waals surface area (Å²) >= 11 is 12.0. The van der Waals surface area contributed by atoms with Crippen LogP contribution < -0.4 is 10.2 Å². The third kappa shape index (κ3) is 3.67. The number of benzene rings is 1. The Labute approximate surface area is 156 Å². The summed E-state index contributed by atoms with van der Waals surface area (Å²) in [5.41, 5.74) is 0.789. The molecule has 6 nitrogen and oxygen atoms in total. The molecule has 3 heterocycles. The maximum atomic E-state index is 6.05. The van der Waals surface area contributed by atoms with Gasteiger partial charge in [-0.2, -0.15) is 4.98 Å². The maximum Gasteiger partial charge on any atom is 0.229 e. The molecule has 0 atom stereocenters. The SMILES string of the molecule is Clc1ccc(Nc2nccc(N3CCC4(CC3)OCCO4)n2)cc1Cl. The molecule has 2 aliphatic heterocycles. The third-order valence-corrected chi connectivity index (χ3v) is 5.22. The highest BCUT2D eigenvalue weighted by molar-refractivity contribution is 6.42. The van der Waals surface area contributed by atoms with Crippen LogP contribution in [-0.2, 0) is 9.47 Å². The summed E-state index contributed by atoms with van der Waals surface area (Å²) in [5.74, 6) is 1.01. The molecule has 25 heavy (non-hydrogen) atoms. The Morgan fingerprint density at radius 2 is 1.80 bits per heavy atom. The van der Waals surface area contributed by atoms with Gasteiger partial charge in [-0.05, 0) is 24.3 Å². The second-order valence-corrected chi connectivity index (χ2v) is 6.90. The molecule has 0 saturated carbocycles. The summed E-state index contributed by atoms with van der Waals surface area (Å²) in [5, 5.41) is 4.16. The minimum absolute atomic E-state index is 0.384. The van der Waals surface area contributed by atoms with Gasteiger partial charge >= 0.3 is 0 Å². The Kier molecular flexibility index (Phi) is 4.69. The highest BCUT2D eigenvalue weighted by Crippen LogP contribution is 2.33. The molecule has 1 N–H and O–H groups in total. The first-order valence-corrected chi connectivity index (χ1v) is 8.97. The molecule has 1 spiro atoms. The predicted molar refractivity (Wildman–Crippen MR) is 97.9 cm³/mol. The number of hydrogen-bond acceptors (Lipinski definition) is 6. The van der Waals surface area contributed by atoms with Crippen molar-refractivity contribution in [3.05, 3.63) is 40.5 Å². The van der Waals surface area contributed by atoms with Crippen molar-refractivity contribution in [1.82, 2.24) is 9.97 Å². The van der Waals surface area contributed by atoms with E-state index in [0.29, 0.717) is 29.2 Å². The third-order valence-electron chi connectivity index (χ3n) is 4.48. The standard InChI is InChI=1S/C17H18Cl2N4O2/c18-13-2-1-12(11-14(13)19)21-16-20-6-3-15(22-16)23-7-4-17(5-8-23)24-9-10-25-17/h1-3,6,11H,4-5,7-10H2,(H,20,21,22). The van der Waals surface area contributed by atoms with Gasteiger partial charge in [0.1, 0.15) is 5.82 Å². The van der Waals surface area contributed by atoms with Crippen LogP contribution >= 0.6 is 23.2 Å². The molecule has 1 aromatic carbocycles. The summed E-state index contributed by atoms with van der Waals surface area (Å²) in [4.78, 5) is 11.1. The molecular formula is C17H18Cl2N4O2. The first-order chi connectivity index (χ1) is 12.1. The highest BCUT2D eigenvalue weighted by atomic mass is 35.5. The van der Waals surface area contributed by atoms with E-state index in [1.807, 2.05) is 12.1 Å². The lowest BCUT2D eigenvalue weighted by molar-refractivity contribution is -0.169. The lowest BCUT2D eigenvalue weighted by Gasteiger charge is -2.38. The van der Waals surface area contributed by atoms with Crippen LogP contribution in [0.4, 0.5) is 17.5 Å². The second kappa shape index (κ2) is 6.96. The van der Waals surface area contributed by atoms with Crippen molar-refractivity contribution in [2.45, 2.75) is 18.6 Å². The number of hydrogen-bond donors (Lipinski definition) is 1. The Hall–Kier alpha value is -1.60. The molecule has 2 aliphatic rings. The lowest BCUT2D eigenvalue weighted by atomic mass is 10.0. The van der Waals surface area contributed by atoms with Gasteiger partial charge in [0, 0.05) is 37.8 Å². The van der Waals surface area contributed by atoms with E-state index in [1.54, 1.807) is 18.3 Å². The van der Waals surface area contributed by atoms with Crippen LogP contribution in [-0.4, -0.2) is 42.1 Å². The van der Waals surface area contributed by atoms with E-state index < -0.39 is 0 Å². The number of nitrogens with zero attached hydrogens (tertiary/aromatic N) is 3. The van der Waals surface area contributed by atoms with E-state index in [-0.39, 0.29) is 5.79 Å². The Balaban J connectivity index is 1.45. The lowest BCUT2D eigenvalue weighted by Crippen LogP contribution is -2.45. The Morgan fingerprint density at radius 3 is 2.52 bits per heavy atom. The molecule has 2 fully saturated rings. The van der Waals surface area contributed by atoms with E-state index in [4.69, 9.17) is 32.7 Å². The zero-order valence-corrected chi connectivity index (χ0v) is 15.1. The molecule has 0 radical (unpaired) electrons. The van der Waals surface area contributed by atoms with Crippen LogP contribution in [0.3, 0.4) is 0 Å². The van der Waals surface area contributed by atoms with Gasteiger partial charge < -0.3 is 19.7 Å². The molecule has 0 bridgehead atoms. The van der Waals surface area contributed by atoms with E-state index in [0.717, 1.165) is 37.4 Å². The van der Waals surface area contributed by atoms with Crippen molar-refractivity contribution in [1.29, 1.82) is 0 Å². The minimum Gasteiger partial charge on any atom is -0.356 e. The molecule has 0 amide bonds. The van der Waals surface area contributed by atoms with Crippen molar-refractivity contribution < 1.29 is 9.47 Å². The first-order valence-electron chi connectivity index (χ1n) is 8.22. The van der Waals surface area contributed by atoms with Crippen LogP contribution in [0.1, 0.15) is 12.8 Å². The number of piperidine rings is 1. The number of aromatic nitrogens is 2. The summed E-state index contributed by atoms with van der Waals surface area (Å²) in [6.45, 7) is 3.04. The Bertz CT molecular complexity index is 758. The van der Waals surface area contributed by atoms with Gasteiger partial charge in [0.2, 0.25) is 5.95 Å². The fraction of sp³-hybridized carbons (Fsp3) is 0.412. The van der Waals surface area contributed by atoms with Crippen LogP contribution in [0.25, 0.3) is 0 Å². The van der Waals surface area contributed by atoms with Crippen molar-refractivity contribution in [2.75, 3.05) is 36.5 Å². The number of halogens is 2. The molecule has 132 valence electrons. The van der Waals surface area contributed by atoms with E-state index >= 15 is 0 Å². The maximum absolute atomic E-state index is 6.05. The number of anilines is 3. The molecular weight excluding hydrogens is 363 g/mol. The van der Waals surface area contributed by atoms with E-state index in [9.17, 15) is 0 Å². The molecule has 1 aromatic heterocycles. The molecule has 8 heteroatoms. The smallest absolute Gasteiger partial charge is 0.229 e.